The number of ether oxygens (including phenoxy) is 1. The van der Waals surface area contributed by atoms with Crippen LogP contribution in [0.1, 0.15) is 27.0 Å². The van der Waals surface area contributed by atoms with Crippen LogP contribution in [0.2, 0.25) is 0 Å². The summed E-state index contributed by atoms with van der Waals surface area (Å²) in [4.78, 5) is 24.1. The highest BCUT2D eigenvalue weighted by molar-refractivity contribution is 6.05. The highest BCUT2D eigenvalue weighted by Crippen LogP contribution is 2.26. The first kappa shape index (κ1) is 22.4. The SMILES string of the molecule is Cc1ccc(C(=O)Nc2ccc3c(N4CCOCC4)ncnc3c2)cc1C#Cc1cccc(N)c1. The number of morpholine rings is 1. The number of anilines is 3. The summed E-state index contributed by atoms with van der Waals surface area (Å²) in [5.74, 6) is 6.96. The Labute approximate surface area is 204 Å². The van der Waals surface area contributed by atoms with E-state index in [2.05, 4.69) is 32.0 Å². The first-order valence-corrected chi connectivity index (χ1v) is 11.4. The topological polar surface area (TPSA) is 93.4 Å². The molecule has 3 N–H and O–H groups in total. The quantitative estimate of drug-likeness (QED) is 0.352. The third-order valence-electron chi connectivity index (χ3n) is 5.91. The molecule has 0 unspecified atom stereocenters. The molecule has 0 radical (unpaired) electrons. The first-order valence-electron chi connectivity index (χ1n) is 11.4. The number of benzene rings is 3. The van der Waals surface area contributed by atoms with Crippen LogP contribution in [0.25, 0.3) is 10.9 Å². The number of carbonyl (C=O) groups is 1. The molecule has 1 aromatic heterocycles. The molecule has 2 heterocycles. The molecule has 4 aromatic rings. The van der Waals surface area contributed by atoms with Crippen LogP contribution >= 0.6 is 0 Å². The average molecular weight is 464 g/mol. The second kappa shape index (κ2) is 9.84. The Morgan fingerprint density at radius 2 is 1.89 bits per heavy atom. The van der Waals surface area contributed by atoms with Crippen LogP contribution in [0.4, 0.5) is 17.2 Å². The predicted molar refractivity (Wildman–Crippen MR) is 139 cm³/mol. The molecular weight excluding hydrogens is 438 g/mol. The lowest BCUT2D eigenvalue weighted by Crippen LogP contribution is -2.36. The molecule has 1 aliphatic rings. The zero-order chi connectivity index (χ0) is 24.2. The van der Waals surface area contributed by atoms with Gasteiger partial charge in [0.05, 0.1) is 18.7 Å². The minimum atomic E-state index is -0.209. The molecule has 7 nitrogen and oxygen atoms in total. The standard InChI is InChI=1S/C28H25N5O2/c1-19-5-7-22(16-21(19)8-6-20-3-2-4-23(29)15-20)28(34)32-24-9-10-25-26(17-24)30-18-31-27(25)33-11-13-35-14-12-33/h2-5,7,9-10,15-18H,11-14,29H2,1H3,(H,32,34). The maximum atomic E-state index is 13.0. The summed E-state index contributed by atoms with van der Waals surface area (Å²) in [6.45, 7) is 4.92. The molecule has 1 saturated heterocycles. The van der Waals surface area contributed by atoms with Crippen molar-refractivity contribution in [2.45, 2.75) is 6.92 Å². The number of nitrogens with one attached hydrogen (secondary N) is 1. The van der Waals surface area contributed by atoms with E-state index in [0.717, 1.165) is 46.5 Å². The lowest BCUT2D eigenvalue weighted by molar-refractivity contribution is 0.102. The first-order chi connectivity index (χ1) is 17.1. The van der Waals surface area contributed by atoms with E-state index in [-0.39, 0.29) is 5.91 Å². The Morgan fingerprint density at radius 3 is 2.71 bits per heavy atom. The lowest BCUT2D eigenvalue weighted by atomic mass is 10.0. The van der Waals surface area contributed by atoms with Crippen LogP contribution in [0.5, 0.6) is 0 Å². The Balaban J connectivity index is 1.37. The minimum Gasteiger partial charge on any atom is -0.399 e. The van der Waals surface area contributed by atoms with Crippen LogP contribution in [0.15, 0.2) is 67.0 Å². The minimum absolute atomic E-state index is 0.209. The van der Waals surface area contributed by atoms with Gasteiger partial charge in [-0.2, -0.15) is 0 Å². The third-order valence-corrected chi connectivity index (χ3v) is 5.91. The zero-order valence-electron chi connectivity index (χ0n) is 19.4. The number of fused-ring (bicyclic) bond motifs is 1. The summed E-state index contributed by atoms with van der Waals surface area (Å²) >= 11 is 0. The number of nitrogens with zero attached hydrogens (tertiary/aromatic N) is 3. The van der Waals surface area contributed by atoms with Gasteiger partial charge in [0.1, 0.15) is 12.1 Å². The van der Waals surface area contributed by atoms with Crippen molar-refractivity contribution >= 4 is 34.0 Å². The van der Waals surface area contributed by atoms with Crippen LogP contribution in [0, 0.1) is 18.8 Å². The van der Waals surface area contributed by atoms with Crippen molar-refractivity contribution in [1.29, 1.82) is 0 Å². The van der Waals surface area contributed by atoms with Gasteiger partial charge in [-0.3, -0.25) is 4.79 Å². The van der Waals surface area contributed by atoms with E-state index in [4.69, 9.17) is 10.5 Å². The zero-order valence-corrected chi connectivity index (χ0v) is 19.4. The summed E-state index contributed by atoms with van der Waals surface area (Å²) in [5, 5.41) is 3.93. The molecule has 7 heteroatoms. The van der Waals surface area contributed by atoms with Crippen LogP contribution in [0.3, 0.4) is 0 Å². The summed E-state index contributed by atoms with van der Waals surface area (Å²) in [7, 11) is 0. The molecule has 0 aliphatic carbocycles. The van der Waals surface area contributed by atoms with Crippen molar-refractivity contribution in [1.82, 2.24) is 9.97 Å². The van der Waals surface area contributed by atoms with Gasteiger partial charge in [-0.15, -0.1) is 0 Å². The highest BCUT2D eigenvalue weighted by atomic mass is 16.5. The van der Waals surface area contributed by atoms with Crippen molar-refractivity contribution in [3.05, 3.63) is 89.2 Å². The number of aromatic nitrogens is 2. The molecule has 5 rings (SSSR count). The Bertz CT molecular complexity index is 1470. The smallest absolute Gasteiger partial charge is 0.255 e. The van der Waals surface area contributed by atoms with E-state index in [1.165, 1.54) is 0 Å². The summed E-state index contributed by atoms with van der Waals surface area (Å²) in [6, 6.07) is 18.6. The van der Waals surface area contributed by atoms with Crippen molar-refractivity contribution in [2.75, 3.05) is 42.3 Å². The number of rotatable bonds is 3. The van der Waals surface area contributed by atoms with Crippen LogP contribution in [-0.4, -0.2) is 42.2 Å². The fourth-order valence-electron chi connectivity index (χ4n) is 4.00. The average Bonchev–Trinajstić information content (AvgIpc) is 2.88. The lowest BCUT2D eigenvalue weighted by Gasteiger charge is -2.28. The van der Waals surface area contributed by atoms with Gasteiger partial charge < -0.3 is 20.7 Å². The Hall–Kier alpha value is -4.41. The maximum Gasteiger partial charge on any atom is 0.255 e. The highest BCUT2D eigenvalue weighted by Gasteiger charge is 2.16. The number of nitrogens with two attached hydrogens (primary N) is 1. The Kier molecular flexibility index (Phi) is 6.29. The van der Waals surface area contributed by atoms with E-state index in [1.807, 2.05) is 61.5 Å². The van der Waals surface area contributed by atoms with Crippen molar-refractivity contribution < 1.29 is 9.53 Å². The van der Waals surface area contributed by atoms with E-state index in [1.54, 1.807) is 12.4 Å². The molecule has 35 heavy (non-hydrogen) atoms. The van der Waals surface area contributed by atoms with Crippen LogP contribution < -0.4 is 16.0 Å². The molecule has 0 spiro atoms. The summed E-state index contributed by atoms with van der Waals surface area (Å²) < 4.78 is 5.45. The number of amides is 1. The van der Waals surface area contributed by atoms with Gasteiger partial charge in [0.15, 0.2) is 0 Å². The predicted octanol–water partition coefficient (Wildman–Crippen LogP) is 4.01. The second-order valence-electron chi connectivity index (χ2n) is 8.39. The molecule has 0 bridgehead atoms. The van der Waals surface area contributed by atoms with Gasteiger partial charge >= 0.3 is 0 Å². The summed E-state index contributed by atoms with van der Waals surface area (Å²) in [6.07, 6.45) is 1.56. The van der Waals surface area contributed by atoms with Gasteiger partial charge in [0.25, 0.3) is 5.91 Å². The summed E-state index contributed by atoms with van der Waals surface area (Å²) in [5.41, 5.74) is 11.1. The molecule has 3 aromatic carbocycles. The van der Waals surface area contributed by atoms with Crippen molar-refractivity contribution in [2.24, 2.45) is 0 Å². The van der Waals surface area contributed by atoms with Crippen LogP contribution in [-0.2, 0) is 4.74 Å². The third kappa shape index (κ3) is 5.08. The molecule has 174 valence electrons. The van der Waals surface area contributed by atoms with Gasteiger partial charge in [0.2, 0.25) is 0 Å². The van der Waals surface area contributed by atoms with E-state index >= 15 is 0 Å². The number of carbonyl (C=O) groups excluding carboxylic acids is 1. The number of nitrogen functional groups attached to an aromatic ring is 1. The molecule has 1 aliphatic heterocycles. The van der Waals surface area contributed by atoms with E-state index < -0.39 is 0 Å². The molecule has 0 atom stereocenters. The van der Waals surface area contributed by atoms with Gasteiger partial charge in [-0.05, 0) is 61.0 Å². The van der Waals surface area contributed by atoms with E-state index in [9.17, 15) is 4.79 Å². The maximum absolute atomic E-state index is 13.0. The van der Waals surface area contributed by atoms with Crippen molar-refractivity contribution in [3.63, 3.8) is 0 Å². The van der Waals surface area contributed by atoms with Gasteiger partial charge in [-0.25, -0.2) is 9.97 Å². The monoisotopic (exact) mass is 463 g/mol. The molecule has 1 fully saturated rings. The second-order valence-corrected chi connectivity index (χ2v) is 8.39. The normalized spacial score (nSPS) is 13.2. The molecular formula is C28H25N5O2. The largest absolute Gasteiger partial charge is 0.399 e. The fourth-order valence-corrected chi connectivity index (χ4v) is 4.00. The Morgan fingerprint density at radius 1 is 1.03 bits per heavy atom. The van der Waals surface area contributed by atoms with Crippen molar-refractivity contribution in [3.8, 4) is 11.8 Å². The molecule has 1 amide bonds. The molecule has 0 saturated carbocycles. The number of hydrogen-bond acceptors (Lipinski definition) is 6. The number of hydrogen-bond donors (Lipinski definition) is 2. The van der Waals surface area contributed by atoms with E-state index in [0.29, 0.717) is 30.2 Å². The van der Waals surface area contributed by atoms with Gasteiger partial charge in [-0.1, -0.05) is 24.0 Å². The fraction of sp³-hybridized carbons (Fsp3) is 0.179. The van der Waals surface area contributed by atoms with Gasteiger partial charge in [0, 0.05) is 46.5 Å². The number of aryl methyl sites for hydroxylation is 1.